The molecule has 2 N–H and O–H groups in total. The normalized spacial score (nSPS) is 15.4. The van der Waals surface area contributed by atoms with Crippen LogP contribution in [0.2, 0.25) is 0 Å². The number of para-hydroxylation sites is 1. The highest BCUT2D eigenvalue weighted by molar-refractivity contribution is 8.18. The Morgan fingerprint density at radius 1 is 1.15 bits per heavy atom. The molecule has 2 aromatic carbocycles. The third-order valence-corrected chi connectivity index (χ3v) is 7.50. The van der Waals surface area contributed by atoms with Crippen LogP contribution in [0.15, 0.2) is 69.9 Å². The minimum atomic E-state index is -0.623. The van der Waals surface area contributed by atoms with Gasteiger partial charge in [-0.2, -0.15) is 0 Å². The molecular weight excluding hydrogens is 526 g/mol. The van der Waals surface area contributed by atoms with Crippen LogP contribution in [0, 0.1) is 6.92 Å². The van der Waals surface area contributed by atoms with Crippen molar-refractivity contribution < 1.29 is 24.2 Å². The largest absolute Gasteiger partial charge is 0.506 e. The molecule has 2 heterocycles. The Balaban J connectivity index is 1.74. The van der Waals surface area contributed by atoms with E-state index < -0.39 is 5.97 Å². The van der Waals surface area contributed by atoms with Crippen molar-refractivity contribution in [2.45, 2.75) is 40.2 Å². The van der Waals surface area contributed by atoms with E-state index in [0.717, 1.165) is 40.4 Å². The number of carbonyl (C=O) groups is 2. The van der Waals surface area contributed by atoms with E-state index in [1.54, 1.807) is 14.0 Å². The van der Waals surface area contributed by atoms with Gasteiger partial charge in [0, 0.05) is 37.4 Å². The number of esters is 1. The van der Waals surface area contributed by atoms with Gasteiger partial charge in [0.1, 0.15) is 22.9 Å². The van der Waals surface area contributed by atoms with Crippen LogP contribution in [0.5, 0.6) is 0 Å². The molecule has 4 rings (SSSR count). The number of fused-ring (bicyclic) bond motifs is 1. The highest BCUT2D eigenvalue weighted by atomic mass is 32.2. The first kappa shape index (κ1) is 29.2. The number of benzene rings is 2. The van der Waals surface area contributed by atoms with Crippen LogP contribution in [-0.4, -0.2) is 53.5 Å². The van der Waals surface area contributed by atoms with E-state index in [9.17, 15) is 14.7 Å². The van der Waals surface area contributed by atoms with Crippen LogP contribution < -0.4 is 5.32 Å². The number of aromatic nitrogens is 1. The Bertz CT molecular complexity index is 1480. The number of carbonyl (C=O) groups excluding carboxylic acids is 2. The molecule has 8 nitrogen and oxygen atoms in total. The Hall–Kier alpha value is -3.82. The number of hydrogen-bond acceptors (Lipinski definition) is 7. The number of amides is 1. The summed E-state index contributed by atoms with van der Waals surface area (Å²) in [5.74, 6) is -0.881. The van der Waals surface area contributed by atoms with Crippen molar-refractivity contribution in [3.05, 3.63) is 81.6 Å². The zero-order valence-electron chi connectivity index (χ0n) is 23.3. The van der Waals surface area contributed by atoms with Gasteiger partial charge in [-0.3, -0.25) is 4.79 Å². The molecule has 9 heteroatoms. The molecule has 1 amide bonds. The van der Waals surface area contributed by atoms with Crippen molar-refractivity contribution in [2.24, 2.45) is 4.99 Å². The van der Waals surface area contributed by atoms with E-state index in [1.165, 1.54) is 11.8 Å². The lowest BCUT2D eigenvalue weighted by Crippen LogP contribution is -2.28. The first-order chi connectivity index (χ1) is 19.4. The number of nitrogens with one attached hydrogen (secondary N) is 1. The van der Waals surface area contributed by atoms with Crippen molar-refractivity contribution >= 4 is 51.3 Å². The van der Waals surface area contributed by atoms with Gasteiger partial charge in [-0.05, 0) is 50.5 Å². The summed E-state index contributed by atoms with van der Waals surface area (Å²) in [7, 11) is 1.64. The number of aliphatic hydroxyl groups excluding tert-OH is 1. The Kier molecular flexibility index (Phi) is 9.84. The fraction of sp³-hybridized carbons (Fsp3) is 0.323. The smallest absolute Gasteiger partial charge is 0.344 e. The Labute approximate surface area is 238 Å². The summed E-state index contributed by atoms with van der Waals surface area (Å²) in [5.41, 5.74) is 4.72. The van der Waals surface area contributed by atoms with Crippen molar-refractivity contribution in [3.8, 4) is 0 Å². The molecule has 1 aromatic heterocycles. The Morgan fingerprint density at radius 3 is 2.62 bits per heavy atom. The van der Waals surface area contributed by atoms with Gasteiger partial charge >= 0.3 is 5.97 Å². The lowest BCUT2D eigenvalue weighted by Gasteiger charge is -2.09. The number of ether oxygens (including phenoxy) is 2. The van der Waals surface area contributed by atoms with Crippen LogP contribution in [0.3, 0.4) is 0 Å². The summed E-state index contributed by atoms with van der Waals surface area (Å²) in [6, 6.07) is 13.7. The average Bonchev–Trinajstić information content (AvgIpc) is 3.44. The van der Waals surface area contributed by atoms with E-state index in [1.807, 2.05) is 60.2 Å². The number of hydrogen-bond donors (Lipinski definition) is 2. The van der Waals surface area contributed by atoms with Crippen molar-refractivity contribution in [1.29, 1.82) is 0 Å². The van der Waals surface area contributed by atoms with Gasteiger partial charge in [0.05, 0.1) is 22.7 Å². The number of aliphatic hydroxyl groups is 1. The average molecular weight is 562 g/mol. The molecule has 1 aliphatic heterocycles. The molecule has 0 atom stereocenters. The van der Waals surface area contributed by atoms with Crippen LogP contribution in [-0.2, 0) is 32.0 Å². The Morgan fingerprint density at radius 2 is 1.93 bits per heavy atom. The first-order valence-electron chi connectivity index (χ1n) is 13.4. The molecule has 210 valence electrons. The molecule has 0 fully saturated rings. The molecular formula is C31H35N3O5S. The summed E-state index contributed by atoms with van der Waals surface area (Å²) in [4.78, 5) is 30.7. The van der Waals surface area contributed by atoms with Gasteiger partial charge in [-0.1, -0.05) is 54.6 Å². The monoisotopic (exact) mass is 561 g/mol. The fourth-order valence-electron chi connectivity index (χ4n) is 4.51. The zero-order valence-corrected chi connectivity index (χ0v) is 24.1. The molecule has 0 radical (unpaired) electrons. The van der Waals surface area contributed by atoms with Gasteiger partial charge in [0.2, 0.25) is 5.91 Å². The topological polar surface area (TPSA) is 102 Å². The number of rotatable bonds is 11. The predicted molar refractivity (Wildman–Crippen MR) is 161 cm³/mol. The summed E-state index contributed by atoms with van der Waals surface area (Å²) >= 11 is 1.22. The maximum absolute atomic E-state index is 12.8. The van der Waals surface area contributed by atoms with Crippen LogP contribution in [0.25, 0.3) is 17.0 Å². The van der Waals surface area contributed by atoms with Crippen molar-refractivity contribution in [1.82, 2.24) is 9.88 Å². The van der Waals surface area contributed by atoms with Gasteiger partial charge < -0.3 is 24.5 Å². The third kappa shape index (κ3) is 6.66. The number of nitrogens with zero attached hydrogens (tertiary/aromatic N) is 2. The maximum Gasteiger partial charge on any atom is 0.344 e. The molecule has 3 aromatic rings. The minimum Gasteiger partial charge on any atom is -0.506 e. The summed E-state index contributed by atoms with van der Waals surface area (Å²) in [6.07, 6.45) is 5.29. The van der Waals surface area contributed by atoms with Gasteiger partial charge in [-0.15, -0.1) is 0 Å². The lowest BCUT2D eigenvalue weighted by atomic mass is 10.1. The SMILES string of the molecule is CCOC(=O)C1=C(O)/C(=C/c2cn(CC(=O)NCCCOC)c3c(CC)cccc23)SC1=Nc1ccc(C)cc1. The van der Waals surface area contributed by atoms with E-state index in [2.05, 4.69) is 23.3 Å². The minimum absolute atomic E-state index is 0.0482. The number of thioether (sulfide) groups is 1. The van der Waals surface area contributed by atoms with Gasteiger partial charge in [0.25, 0.3) is 0 Å². The van der Waals surface area contributed by atoms with Crippen LogP contribution in [0.4, 0.5) is 5.69 Å². The highest BCUT2D eigenvalue weighted by Gasteiger charge is 2.33. The third-order valence-electron chi connectivity index (χ3n) is 6.48. The zero-order chi connectivity index (χ0) is 28.6. The fourth-order valence-corrected chi connectivity index (χ4v) is 5.54. The maximum atomic E-state index is 12.8. The molecule has 0 spiro atoms. The summed E-state index contributed by atoms with van der Waals surface area (Å²) in [6.45, 7) is 7.25. The quantitative estimate of drug-likeness (QED) is 0.225. The standard InChI is InChI=1S/C31H35N3O5S/c1-5-21-9-7-10-24-22(18-34(28(21)24)19-26(35)32-15-8-16-38-4)17-25-29(36)27(31(37)39-6-2)30(40-25)33-23-13-11-20(3)12-14-23/h7,9-14,17-18,36H,5-6,8,15-16,19H2,1-4H3,(H,32,35)/b25-17-,33-30?. The number of aryl methyl sites for hydroxylation is 2. The van der Waals surface area contributed by atoms with Crippen LogP contribution >= 0.6 is 11.8 Å². The van der Waals surface area contributed by atoms with E-state index in [0.29, 0.717) is 28.8 Å². The van der Waals surface area contributed by atoms with Crippen molar-refractivity contribution in [3.63, 3.8) is 0 Å². The second-order valence-electron chi connectivity index (χ2n) is 9.38. The molecule has 0 aliphatic carbocycles. The van der Waals surface area contributed by atoms with E-state index >= 15 is 0 Å². The number of methoxy groups -OCH3 is 1. The molecule has 40 heavy (non-hydrogen) atoms. The first-order valence-corrected chi connectivity index (χ1v) is 14.2. The predicted octanol–water partition coefficient (Wildman–Crippen LogP) is 5.86. The highest BCUT2D eigenvalue weighted by Crippen LogP contribution is 2.41. The second kappa shape index (κ2) is 13.5. The van der Waals surface area contributed by atoms with E-state index in [4.69, 9.17) is 9.47 Å². The molecule has 1 aliphatic rings. The van der Waals surface area contributed by atoms with Crippen LogP contribution in [0.1, 0.15) is 37.0 Å². The van der Waals surface area contributed by atoms with Gasteiger partial charge in [-0.25, -0.2) is 9.79 Å². The second-order valence-corrected chi connectivity index (χ2v) is 10.4. The number of aliphatic imine (C=N–C) groups is 1. The lowest BCUT2D eigenvalue weighted by molar-refractivity contribution is -0.138. The molecule has 0 saturated carbocycles. The molecule has 0 bridgehead atoms. The van der Waals surface area contributed by atoms with E-state index in [-0.39, 0.29) is 30.4 Å². The summed E-state index contributed by atoms with van der Waals surface area (Å²) < 4.78 is 12.2. The molecule has 0 unspecified atom stereocenters. The molecule has 0 saturated heterocycles. The van der Waals surface area contributed by atoms with Gasteiger partial charge in [0.15, 0.2) is 0 Å². The summed E-state index contributed by atoms with van der Waals surface area (Å²) in [5, 5.41) is 15.5. The van der Waals surface area contributed by atoms with Crippen molar-refractivity contribution in [2.75, 3.05) is 26.9 Å².